The minimum absolute atomic E-state index is 0.141. The average Bonchev–Trinajstić information content (AvgIpc) is 3.43. The smallest absolute Gasteiger partial charge is 0.282 e. The number of amides is 1. The van der Waals surface area contributed by atoms with Crippen LogP contribution >= 0.6 is 0 Å². The number of aromatic nitrogens is 1. The van der Waals surface area contributed by atoms with E-state index in [0.29, 0.717) is 24.6 Å². The van der Waals surface area contributed by atoms with Crippen molar-refractivity contribution in [3.8, 4) is 5.88 Å². The maximum absolute atomic E-state index is 13.4. The van der Waals surface area contributed by atoms with Gasteiger partial charge in [0.2, 0.25) is 5.88 Å². The van der Waals surface area contributed by atoms with Crippen LogP contribution in [0.5, 0.6) is 5.88 Å². The van der Waals surface area contributed by atoms with E-state index in [2.05, 4.69) is 16.4 Å². The maximum atomic E-state index is 13.4. The average molecular weight is 431 g/mol. The summed E-state index contributed by atoms with van der Waals surface area (Å²) in [5, 5.41) is 14.2. The summed E-state index contributed by atoms with van der Waals surface area (Å²) in [5.74, 6) is -2.14. The summed E-state index contributed by atoms with van der Waals surface area (Å²) in [6.07, 6.45) is 8.12. The molecular formula is C23H27F2N3O3. The monoisotopic (exact) mass is 431 g/mol. The van der Waals surface area contributed by atoms with Crippen LogP contribution in [0, 0.1) is 11.8 Å². The molecule has 31 heavy (non-hydrogen) atoms. The summed E-state index contributed by atoms with van der Waals surface area (Å²) < 4.78 is 32.6. The van der Waals surface area contributed by atoms with Crippen LogP contribution in [0.1, 0.15) is 55.4 Å². The molecule has 1 saturated heterocycles. The number of alkyl halides is 2. The van der Waals surface area contributed by atoms with Crippen LogP contribution in [-0.4, -0.2) is 52.8 Å². The van der Waals surface area contributed by atoms with E-state index >= 15 is 0 Å². The number of fused-ring (bicyclic) bond motifs is 1. The van der Waals surface area contributed by atoms with Gasteiger partial charge in [0.25, 0.3) is 11.8 Å². The van der Waals surface area contributed by atoms with E-state index in [1.807, 2.05) is 0 Å². The highest BCUT2D eigenvalue weighted by Gasteiger charge is 2.59. The third kappa shape index (κ3) is 3.30. The van der Waals surface area contributed by atoms with E-state index in [0.717, 1.165) is 38.5 Å². The fraction of sp³-hybridized carbons (Fsp3) is 0.652. The molecule has 4 aliphatic carbocycles. The summed E-state index contributed by atoms with van der Waals surface area (Å²) in [5.41, 5.74) is 0.893. The normalized spacial score (nSPS) is 34.9. The number of carbonyl (C=O) groups is 1. The molecule has 8 heteroatoms. The van der Waals surface area contributed by atoms with Gasteiger partial charge in [-0.25, -0.2) is 13.8 Å². The van der Waals surface area contributed by atoms with Gasteiger partial charge in [0.05, 0.1) is 25.3 Å². The van der Waals surface area contributed by atoms with Crippen LogP contribution in [0.3, 0.4) is 0 Å². The summed E-state index contributed by atoms with van der Waals surface area (Å²) in [4.78, 5) is 19.1. The third-order valence-corrected chi connectivity index (χ3v) is 7.73. The largest absolute Gasteiger partial charge is 0.476 e. The lowest BCUT2D eigenvalue weighted by Gasteiger charge is -2.40. The van der Waals surface area contributed by atoms with E-state index in [1.54, 1.807) is 12.1 Å². The van der Waals surface area contributed by atoms with Gasteiger partial charge >= 0.3 is 0 Å². The summed E-state index contributed by atoms with van der Waals surface area (Å²) in [7, 11) is 0. The predicted molar refractivity (Wildman–Crippen MR) is 109 cm³/mol. The van der Waals surface area contributed by atoms with Gasteiger partial charge in [-0.3, -0.25) is 4.79 Å². The van der Waals surface area contributed by atoms with Crippen LogP contribution < -0.4 is 15.0 Å². The fourth-order valence-corrected chi connectivity index (χ4v) is 5.88. The van der Waals surface area contributed by atoms with Crippen LogP contribution in [-0.2, 0) is 0 Å². The number of nitrogens with zero attached hydrogens (tertiary/aromatic N) is 2. The number of aliphatic hydroxyl groups is 1. The summed E-state index contributed by atoms with van der Waals surface area (Å²) in [6, 6.07) is 3.24. The Labute approximate surface area is 179 Å². The lowest BCUT2D eigenvalue weighted by atomic mass is 9.83. The van der Waals surface area contributed by atoms with Gasteiger partial charge in [-0.1, -0.05) is 11.6 Å². The van der Waals surface area contributed by atoms with Gasteiger partial charge in [-0.2, -0.15) is 0 Å². The van der Waals surface area contributed by atoms with Crippen molar-refractivity contribution in [1.82, 2.24) is 10.3 Å². The van der Waals surface area contributed by atoms with Gasteiger partial charge in [-0.15, -0.1) is 0 Å². The number of halogens is 2. The topological polar surface area (TPSA) is 74.7 Å². The number of hydrogen-bond donors (Lipinski definition) is 2. The molecule has 5 aliphatic rings. The quantitative estimate of drug-likeness (QED) is 0.678. The Bertz CT molecular complexity index is 971. The Morgan fingerprint density at radius 1 is 1.32 bits per heavy atom. The Morgan fingerprint density at radius 2 is 2.13 bits per heavy atom. The molecule has 1 aliphatic heterocycles. The van der Waals surface area contributed by atoms with E-state index in [9.17, 15) is 18.7 Å². The molecule has 1 aromatic rings. The van der Waals surface area contributed by atoms with Crippen molar-refractivity contribution in [2.24, 2.45) is 11.8 Å². The van der Waals surface area contributed by atoms with Crippen molar-refractivity contribution in [1.29, 1.82) is 0 Å². The minimum Gasteiger partial charge on any atom is -0.476 e. The number of anilines is 1. The van der Waals surface area contributed by atoms with Gasteiger partial charge in [-0.05, 0) is 56.6 Å². The lowest BCUT2D eigenvalue weighted by molar-refractivity contribution is -0.0265. The predicted octanol–water partition coefficient (Wildman–Crippen LogP) is 3.06. The highest BCUT2D eigenvalue weighted by molar-refractivity contribution is 5.93. The Morgan fingerprint density at radius 3 is 2.87 bits per heavy atom. The SMILES string of the molecule is O=C(NC12CC=C3CCC(O)(C1)C3C2)c1ccc(N2CC(F)(F)C2)c(OCC2CC2)n1. The number of carbonyl (C=O) groups excluding carboxylic acids is 1. The molecule has 3 saturated carbocycles. The van der Waals surface area contributed by atoms with Crippen molar-refractivity contribution in [2.75, 3.05) is 24.6 Å². The molecule has 0 radical (unpaired) electrons. The van der Waals surface area contributed by atoms with Gasteiger partial charge in [0.15, 0.2) is 0 Å². The molecule has 1 amide bonds. The molecule has 0 spiro atoms. The Balaban J connectivity index is 1.22. The van der Waals surface area contributed by atoms with Gasteiger partial charge in [0.1, 0.15) is 11.4 Å². The van der Waals surface area contributed by atoms with Gasteiger partial charge in [0, 0.05) is 17.9 Å². The fourth-order valence-electron chi connectivity index (χ4n) is 5.88. The number of pyridine rings is 1. The molecule has 4 fully saturated rings. The molecule has 6 nitrogen and oxygen atoms in total. The van der Waals surface area contributed by atoms with E-state index < -0.39 is 17.1 Å². The molecule has 2 heterocycles. The second-order valence-corrected chi connectivity index (χ2v) is 10.2. The number of ether oxygens (including phenoxy) is 1. The zero-order chi connectivity index (χ0) is 21.4. The van der Waals surface area contributed by atoms with E-state index in [4.69, 9.17) is 4.74 Å². The Kier molecular flexibility index (Phi) is 4.02. The summed E-state index contributed by atoms with van der Waals surface area (Å²) in [6.45, 7) is -0.239. The number of rotatable bonds is 6. The van der Waals surface area contributed by atoms with Crippen molar-refractivity contribution in [3.05, 3.63) is 29.5 Å². The van der Waals surface area contributed by atoms with Crippen LogP contribution in [0.4, 0.5) is 14.5 Å². The Hall–Kier alpha value is -2.22. The van der Waals surface area contributed by atoms with Crippen LogP contribution in [0.2, 0.25) is 0 Å². The number of hydrogen-bond acceptors (Lipinski definition) is 5. The maximum Gasteiger partial charge on any atom is 0.282 e. The van der Waals surface area contributed by atoms with Crippen molar-refractivity contribution >= 4 is 11.6 Å². The summed E-state index contributed by atoms with van der Waals surface area (Å²) >= 11 is 0. The molecule has 3 atom stereocenters. The standard InChI is InChI=1S/C23H27F2N3O3/c24-23(25)12-28(13-23)18-4-3-17(26-20(18)31-10-14-1-2-14)19(29)27-21-7-5-15-6-8-22(30,11-21)16(15)9-21/h3-5,14,16,30H,1-2,6-13H2,(H,27,29). The molecule has 2 N–H and O–H groups in total. The lowest BCUT2D eigenvalue weighted by Crippen LogP contribution is -2.56. The third-order valence-electron chi connectivity index (χ3n) is 7.73. The minimum atomic E-state index is -2.70. The van der Waals surface area contributed by atoms with E-state index in [1.165, 1.54) is 10.5 Å². The molecule has 3 unspecified atom stereocenters. The molecule has 0 aromatic carbocycles. The first-order valence-electron chi connectivity index (χ1n) is 11.2. The van der Waals surface area contributed by atoms with Crippen molar-refractivity contribution in [3.63, 3.8) is 0 Å². The molecule has 1 aromatic heterocycles. The zero-order valence-electron chi connectivity index (χ0n) is 17.4. The first-order chi connectivity index (χ1) is 14.7. The first kappa shape index (κ1) is 19.5. The van der Waals surface area contributed by atoms with Crippen LogP contribution in [0.15, 0.2) is 23.8 Å². The number of nitrogens with one attached hydrogen (secondary N) is 1. The van der Waals surface area contributed by atoms with Crippen molar-refractivity contribution in [2.45, 2.75) is 62.0 Å². The molecule has 2 bridgehead atoms. The second kappa shape index (κ2) is 6.40. The first-order valence-corrected chi connectivity index (χ1v) is 11.2. The highest BCUT2D eigenvalue weighted by Crippen LogP contribution is 2.58. The zero-order valence-corrected chi connectivity index (χ0v) is 17.4. The highest BCUT2D eigenvalue weighted by atomic mass is 19.3. The molecule has 6 rings (SSSR count). The molecule has 166 valence electrons. The van der Waals surface area contributed by atoms with Crippen molar-refractivity contribution < 1.29 is 23.4 Å². The second-order valence-electron chi connectivity index (χ2n) is 10.2. The van der Waals surface area contributed by atoms with Crippen LogP contribution in [0.25, 0.3) is 0 Å². The molecular weight excluding hydrogens is 404 g/mol. The van der Waals surface area contributed by atoms with E-state index in [-0.39, 0.29) is 36.5 Å². The van der Waals surface area contributed by atoms with Gasteiger partial charge < -0.3 is 20.1 Å².